The summed E-state index contributed by atoms with van der Waals surface area (Å²) in [5, 5.41) is 3.26. The first-order chi connectivity index (χ1) is 8.86. The number of aryl methyl sites for hydroxylation is 1. The van der Waals surface area contributed by atoms with Crippen LogP contribution in [0.3, 0.4) is 0 Å². The molecule has 1 aliphatic carbocycles. The molecule has 0 amide bonds. The minimum atomic E-state index is -4.06. The summed E-state index contributed by atoms with van der Waals surface area (Å²) in [4.78, 5) is 0. The summed E-state index contributed by atoms with van der Waals surface area (Å²) >= 11 is 3.38. The average molecular weight is 336 g/mol. The highest BCUT2D eigenvalue weighted by molar-refractivity contribution is 9.10. The fraction of sp³-hybridized carbons (Fsp3) is 0.571. The van der Waals surface area contributed by atoms with E-state index in [0.29, 0.717) is 6.42 Å². The van der Waals surface area contributed by atoms with Crippen LogP contribution in [0.25, 0.3) is 0 Å². The molecular formula is C14H17BrF3N. The lowest BCUT2D eigenvalue weighted by Gasteiger charge is -2.32. The monoisotopic (exact) mass is 335 g/mol. The second kappa shape index (κ2) is 5.73. The maximum atomic E-state index is 12.8. The van der Waals surface area contributed by atoms with Gasteiger partial charge in [0.15, 0.2) is 0 Å². The molecular weight excluding hydrogens is 319 g/mol. The summed E-state index contributed by atoms with van der Waals surface area (Å²) in [6.07, 6.45) is -2.19. The van der Waals surface area contributed by atoms with Gasteiger partial charge in [-0.25, -0.2) is 0 Å². The number of nitrogens with one attached hydrogen (secondary N) is 1. The lowest BCUT2D eigenvalue weighted by molar-refractivity contribution is -0.182. The predicted octanol–water partition coefficient (Wildman–Crippen LogP) is 5.29. The highest BCUT2D eigenvalue weighted by Gasteiger charge is 2.42. The third-order valence-electron chi connectivity index (χ3n) is 3.70. The molecule has 1 fully saturated rings. The lowest BCUT2D eigenvalue weighted by atomic mass is 9.85. The van der Waals surface area contributed by atoms with E-state index in [-0.39, 0.29) is 18.9 Å². The van der Waals surface area contributed by atoms with Crippen LogP contribution in [0.15, 0.2) is 22.7 Å². The molecule has 106 valence electrons. The molecule has 1 saturated carbocycles. The summed E-state index contributed by atoms with van der Waals surface area (Å²) in [6.45, 7) is 1.96. The van der Waals surface area contributed by atoms with Crippen LogP contribution >= 0.6 is 15.9 Å². The van der Waals surface area contributed by atoms with Crippen LogP contribution in [0.5, 0.6) is 0 Å². The third-order valence-corrected chi connectivity index (χ3v) is 4.19. The highest BCUT2D eigenvalue weighted by Crippen LogP contribution is 2.38. The van der Waals surface area contributed by atoms with Crippen LogP contribution in [0.1, 0.15) is 31.2 Å². The number of hydrogen-bond donors (Lipinski definition) is 1. The number of benzene rings is 1. The first-order valence-corrected chi connectivity index (χ1v) is 7.25. The molecule has 2 unspecified atom stereocenters. The van der Waals surface area contributed by atoms with E-state index in [2.05, 4.69) is 21.2 Å². The molecule has 1 nitrogen and oxygen atoms in total. The Morgan fingerprint density at radius 2 is 2.00 bits per heavy atom. The maximum Gasteiger partial charge on any atom is 0.391 e. The Balaban J connectivity index is 2.05. The molecule has 0 bridgehead atoms. The second-order valence-electron chi connectivity index (χ2n) is 5.21. The topological polar surface area (TPSA) is 12.0 Å². The van der Waals surface area contributed by atoms with E-state index in [1.54, 1.807) is 0 Å². The van der Waals surface area contributed by atoms with Gasteiger partial charge in [0.05, 0.1) is 5.92 Å². The Bertz CT molecular complexity index is 445. The molecule has 2 atom stereocenters. The maximum absolute atomic E-state index is 12.8. The summed E-state index contributed by atoms with van der Waals surface area (Å²) in [6, 6.07) is 5.72. The molecule has 1 aliphatic rings. The largest absolute Gasteiger partial charge is 0.391 e. The Kier molecular flexibility index (Phi) is 4.43. The van der Waals surface area contributed by atoms with Crippen molar-refractivity contribution >= 4 is 21.6 Å². The predicted molar refractivity (Wildman–Crippen MR) is 74.3 cm³/mol. The smallest absolute Gasteiger partial charge is 0.382 e. The van der Waals surface area contributed by atoms with Gasteiger partial charge in [-0.2, -0.15) is 13.2 Å². The van der Waals surface area contributed by atoms with Gasteiger partial charge in [-0.15, -0.1) is 0 Å². The highest BCUT2D eigenvalue weighted by atomic mass is 79.9. The second-order valence-corrected chi connectivity index (χ2v) is 6.12. The molecule has 1 aromatic carbocycles. The quantitative estimate of drug-likeness (QED) is 0.774. The fourth-order valence-corrected chi connectivity index (χ4v) is 2.95. The zero-order valence-corrected chi connectivity index (χ0v) is 12.3. The Hall–Kier alpha value is -0.710. The van der Waals surface area contributed by atoms with E-state index in [4.69, 9.17) is 0 Å². The van der Waals surface area contributed by atoms with Gasteiger partial charge in [-0.05, 0) is 43.9 Å². The molecule has 0 aromatic heterocycles. The molecule has 19 heavy (non-hydrogen) atoms. The summed E-state index contributed by atoms with van der Waals surface area (Å²) in [5.74, 6) is -1.16. The van der Waals surface area contributed by atoms with Crippen LogP contribution < -0.4 is 5.32 Å². The van der Waals surface area contributed by atoms with Gasteiger partial charge in [0.1, 0.15) is 0 Å². The van der Waals surface area contributed by atoms with Crippen molar-refractivity contribution in [3.8, 4) is 0 Å². The summed E-state index contributed by atoms with van der Waals surface area (Å²) in [5.41, 5.74) is 1.97. The molecule has 2 rings (SSSR count). The van der Waals surface area contributed by atoms with Gasteiger partial charge in [0, 0.05) is 16.2 Å². The number of halogens is 4. The standard InChI is InChI=1S/C14H17BrF3N/c1-9-5-6-11(15)8-13(9)19-12-4-2-3-10(7-12)14(16,17)18/h5-6,8,10,12,19H,2-4,7H2,1H3. The number of alkyl halides is 3. The molecule has 0 aliphatic heterocycles. The van der Waals surface area contributed by atoms with Crippen molar-refractivity contribution in [1.29, 1.82) is 0 Å². The zero-order chi connectivity index (χ0) is 14.0. The summed E-state index contributed by atoms with van der Waals surface area (Å²) in [7, 11) is 0. The van der Waals surface area contributed by atoms with Gasteiger partial charge in [-0.3, -0.25) is 0 Å². The summed E-state index contributed by atoms with van der Waals surface area (Å²) < 4.78 is 39.2. The first kappa shape index (κ1) is 14.7. The van der Waals surface area contributed by atoms with Crippen molar-refractivity contribution in [2.75, 3.05) is 5.32 Å². The van der Waals surface area contributed by atoms with E-state index in [1.807, 2.05) is 25.1 Å². The Morgan fingerprint density at radius 3 is 2.68 bits per heavy atom. The minimum Gasteiger partial charge on any atom is -0.382 e. The van der Waals surface area contributed by atoms with E-state index >= 15 is 0 Å². The number of anilines is 1. The third kappa shape index (κ3) is 3.88. The van der Waals surface area contributed by atoms with Crippen molar-refractivity contribution in [2.45, 2.75) is 44.8 Å². The minimum absolute atomic E-state index is 0.0895. The van der Waals surface area contributed by atoms with Crippen molar-refractivity contribution in [3.63, 3.8) is 0 Å². The zero-order valence-electron chi connectivity index (χ0n) is 10.7. The van der Waals surface area contributed by atoms with Gasteiger partial charge < -0.3 is 5.32 Å². The molecule has 1 N–H and O–H groups in total. The van der Waals surface area contributed by atoms with Gasteiger partial charge in [0.25, 0.3) is 0 Å². The Labute approximate surface area is 119 Å². The molecule has 0 spiro atoms. The van der Waals surface area contributed by atoms with Crippen LogP contribution in [0, 0.1) is 12.8 Å². The van der Waals surface area contributed by atoms with Crippen LogP contribution in [-0.4, -0.2) is 12.2 Å². The molecule has 0 saturated heterocycles. The molecule has 1 aromatic rings. The fourth-order valence-electron chi connectivity index (χ4n) is 2.59. The van der Waals surface area contributed by atoms with Crippen LogP contribution in [0.4, 0.5) is 18.9 Å². The average Bonchev–Trinajstić information content (AvgIpc) is 2.33. The van der Waals surface area contributed by atoms with Crippen molar-refractivity contribution in [1.82, 2.24) is 0 Å². The van der Waals surface area contributed by atoms with Gasteiger partial charge in [0.2, 0.25) is 0 Å². The SMILES string of the molecule is Cc1ccc(Br)cc1NC1CCCC(C(F)(F)F)C1. The van der Waals surface area contributed by atoms with Crippen LogP contribution in [-0.2, 0) is 0 Å². The Morgan fingerprint density at radius 1 is 1.26 bits per heavy atom. The van der Waals surface area contributed by atoms with Crippen molar-refractivity contribution < 1.29 is 13.2 Å². The van der Waals surface area contributed by atoms with E-state index in [1.165, 1.54) is 0 Å². The number of hydrogen-bond acceptors (Lipinski definition) is 1. The number of rotatable bonds is 2. The van der Waals surface area contributed by atoms with E-state index in [9.17, 15) is 13.2 Å². The van der Waals surface area contributed by atoms with E-state index in [0.717, 1.165) is 22.1 Å². The normalized spacial score (nSPS) is 24.3. The molecule has 0 radical (unpaired) electrons. The van der Waals surface area contributed by atoms with E-state index < -0.39 is 12.1 Å². The van der Waals surface area contributed by atoms with Crippen molar-refractivity contribution in [2.24, 2.45) is 5.92 Å². The molecule has 5 heteroatoms. The molecule has 0 heterocycles. The van der Waals surface area contributed by atoms with Crippen molar-refractivity contribution in [3.05, 3.63) is 28.2 Å². The van der Waals surface area contributed by atoms with Gasteiger partial charge >= 0.3 is 6.18 Å². The van der Waals surface area contributed by atoms with Crippen LogP contribution in [0.2, 0.25) is 0 Å². The van der Waals surface area contributed by atoms with Gasteiger partial charge in [-0.1, -0.05) is 28.4 Å². The lowest BCUT2D eigenvalue weighted by Crippen LogP contribution is -2.34. The first-order valence-electron chi connectivity index (χ1n) is 6.45.